The highest BCUT2D eigenvalue weighted by Gasteiger charge is 2.28. The van der Waals surface area contributed by atoms with E-state index in [0.29, 0.717) is 19.0 Å². The zero-order valence-corrected chi connectivity index (χ0v) is 15.2. The first-order valence-electron chi connectivity index (χ1n) is 8.76. The number of hydrogen-bond donors (Lipinski definition) is 0. The summed E-state index contributed by atoms with van der Waals surface area (Å²) in [7, 11) is 0. The molecule has 1 aromatic carbocycles. The van der Waals surface area contributed by atoms with Crippen LogP contribution in [0.2, 0.25) is 0 Å². The second-order valence-electron chi connectivity index (χ2n) is 6.70. The Bertz CT molecular complexity index is 869. The quantitative estimate of drug-likeness (QED) is 0.626. The predicted molar refractivity (Wildman–Crippen MR) is 99.5 cm³/mol. The normalized spacial score (nSPS) is 13.7. The van der Waals surface area contributed by atoms with Gasteiger partial charge in [-0.05, 0) is 47.9 Å². The third-order valence-corrected chi connectivity index (χ3v) is 5.45. The molecule has 134 valence electrons. The summed E-state index contributed by atoms with van der Waals surface area (Å²) >= 11 is 1.47. The molecule has 1 aliphatic carbocycles. The first-order chi connectivity index (χ1) is 12.7. The number of thiophene rings is 1. The largest absolute Gasteiger partial charge is 0.330 e. The van der Waals surface area contributed by atoms with Crippen molar-refractivity contribution in [3.05, 3.63) is 76.3 Å². The molecule has 0 bridgehead atoms. The Hall–Kier alpha value is -2.47. The molecule has 6 heteroatoms. The zero-order chi connectivity index (χ0) is 17.9. The SMILES string of the molecule is O=C(c1cccs1)N(Cc1nccn1Cc1ccc(F)cc1)CC1CC1. The van der Waals surface area contributed by atoms with Crippen LogP contribution in [-0.2, 0) is 13.1 Å². The molecule has 0 atom stereocenters. The molecule has 2 heterocycles. The number of carbonyl (C=O) groups excluding carboxylic acids is 1. The van der Waals surface area contributed by atoms with Gasteiger partial charge >= 0.3 is 0 Å². The molecule has 0 aliphatic heterocycles. The maximum Gasteiger partial charge on any atom is 0.264 e. The Morgan fingerprint density at radius 3 is 2.77 bits per heavy atom. The Balaban J connectivity index is 1.51. The number of nitrogens with zero attached hydrogens (tertiary/aromatic N) is 3. The molecule has 0 radical (unpaired) electrons. The maximum atomic E-state index is 13.1. The number of benzene rings is 1. The van der Waals surface area contributed by atoms with E-state index in [9.17, 15) is 9.18 Å². The highest BCUT2D eigenvalue weighted by atomic mass is 32.1. The van der Waals surface area contributed by atoms with E-state index in [1.807, 2.05) is 33.2 Å². The van der Waals surface area contributed by atoms with Crippen molar-refractivity contribution in [3.63, 3.8) is 0 Å². The summed E-state index contributed by atoms with van der Waals surface area (Å²) in [5.41, 5.74) is 1.00. The molecule has 4 rings (SSSR count). The lowest BCUT2D eigenvalue weighted by molar-refractivity contribution is 0.0733. The molecule has 1 saturated carbocycles. The summed E-state index contributed by atoms with van der Waals surface area (Å²) in [5, 5.41) is 1.93. The van der Waals surface area contributed by atoms with Crippen LogP contribution < -0.4 is 0 Å². The molecule has 26 heavy (non-hydrogen) atoms. The smallest absolute Gasteiger partial charge is 0.264 e. The van der Waals surface area contributed by atoms with Gasteiger partial charge in [0.1, 0.15) is 11.6 Å². The van der Waals surface area contributed by atoms with Crippen molar-refractivity contribution in [2.75, 3.05) is 6.54 Å². The Labute approximate surface area is 155 Å². The topological polar surface area (TPSA) is 38.1 Å². The van der Waals surface area contributed by atoms with Crippen LogP contribution in [0.4, 0.5) is 4.39 Å². The van der Waals surface area contributed by atoms with Crippen LogP contribution in [0.5, 0.6) is 0 Å². The monoisotopic (exact) mass is 369 g/mol. The van der Waals surface area contributed by atoms with Gasteiger partial charge in [-0.1, -0.05) is 18.2 Å². The van der Waals surface area contributed by atoms with Gasteiger partial charge in [-0.2, -0.15) is 0 Å². The molecule has 2 aromatic heterocycles. The minimum Gasteiger partial charge on any atom is -0.330 e. The highest BCUT2D eigenvalue weighted by molar-refractivity contribution is 7.12. The first-order valence-corrected chi connectivity index (χ1v) is 9.64. The molecule has 1 aliphatic rings. The van der Waals surface area contributed by atoms with Gasteiger partial charge in [0.2, 0.25) is 0 Å². The van der Waals surface area contributed by atoms with Crippen molar-refractivity contribution in [1.82, 2.24) is 14.5 Å². The van der Waals surface area contributed by atoms with Gasteiger partial charge < -0.3 is 9.47 Å². The van der Waals surface area contributed by atoms with Gasteiger partial charge in [-0.25, -0.2) is 9.37 Å². The molecular weight excluding hydrogens is 349 g/mol. The lowest BCUT2D eigenvalue weighted by Gasteiger charge is -2.22. The number of rotatable bonds is 7. The fraction of sp³-hybridized carbons (Fsp3) is 0.300. The van der Waals surface area contributed by atoms with E-state index < -0.39 is 0 Å². The molecule has 0 unspecified atom stereocenters. The molecule has 0 saturated heterocycles. The van der Waals surface area contributed by atoms with E-state index in [1.54, 1.807) is 18.3 Å². The number of amides is 1. The molecule has 0 N–H and O–H groups in total. The molecule has 0 spiro atoms. The fourth-order valence-electron chi connectivity index (χ4n) is 2.98. The third-order valence-electron chi connectivity index (χ3n) is 4.59. The number of carbonyl (C=O) groups is 1. The summed E-state index contributed by atoms with van der Waals surface area (Å²) < 4.78 is 15.1. The average Bonchev–Trinajstić information content (AvgIpc) is 3.10. The van der Waals surface area contributed by atoms with Crippen LogP contribution in [-0.4, -0.2) is 26.9 Å². The van der Waals surface area contributed by atoms with Gasteiger partial charge in [-0.3, -0.25) is 4.79 Å². The average molecular weight is 369 g/mol. The van der Waals surface area contributed by atoms with Crippen LogP contribution in [0.25, 0.3) is 0 Å². The molecule has 3 aromatic rings. The summed E-state index contributed by atoms with van der Waals surface area (Å²) in [4.78, 5) is 20.0. The summed E-state index contributed by atoms with van der Waals surface area (Å²) in [5.74, 6) is 1.29. The lowest BCUT2D eigenvalue weighted by atomic mass is 10.2. The number of halogens is 1. The third kappa shape index (κ3) is 4.02. The van der Waals surface area contributed by atoms with Crippen molar-refractivity contribution in [2.45, 2.75) is 25.9 Å². The standard InChI is InChI=1S/C20H20FN3OS/c21-17-7-5-16(6-8-17)12-23-10-9-22-19(23)14-24(13-15-3-4-15)20(25)18-2-1-11-26-18/h1-2,5-11,15H,3-4,12-14H2. The van der Waals surface area contributed by atoms with Crippen LogP contribution >= 0.6 is 11.3 Å². The molecule has 4 nitrogen and oxygen atoms in total. The molecular formula is C20H20FN3OS. The van der Waals surface area contributed by atoms with Crippen molar-refractivity contribution in [1.29, 1.82) is 0 Å². The second-order valence-corrected chi connectivity index (χ2v) is 7.65. The Morgan fingerprint density at radius 1 is 1.27 bits per heavy atom. The number of hydrogen-bond acceptors (Lipinski definition) is 3. The number of imidazole rings is 1. The zero-order valence-electron chi connectivity index (χ0n) is 14.3. The van der Waals surface area contributed by atoms with E-state index in [0.717, 1.165) is 22.8 Å². The Morgan fingerprint density at radius 2 is 2.08 bits per heavy atom. The molecule has 1 fully saturated rings. The number of aromatic nitrogens is 2. The Kier molecular flexibility index (Phi) is 4.84. The van der Waals surface area contributed by atoms with E-state index in [-0.39, 0.29) is 11.7 Å². The second kappa shape index (κ2) is 7.41. The first kappa shape index (κ1) is 17.0. The van der Waals surface area contributed by atoms with Crippen LogP contribution in [0.3, 0.4) is 0 Å². The fourth-order valence-corrected chi connectivity index (χ4v) is 3.67. The van der Waals surface area contributed by atoms with Crippen LogP contribution in [0.15, 0.2) is 54.2 Å². The summed E-state index contributed by atoms with van der Waals surface area (Å²) in [6.45, 7) is 1.88. The van der Waals surface area contributed by atoms with Crippen molar-refractivity contribution in [3.8, 4) is 0 Å². The van der Waals surface area contributed by atoms with Crippen LogP contribution in [0, 0.1) is 11.7 Å². The van der Waals surface area contributed by atoms with Crippen molar-refractivity contribution in [2.24, 2.45) is 5.92 Å². The maximum absolute atomic E-state index is 13.1. The van der Waals surface area contributed by atoms with Gasteiger partial charge in [0, 0.05) is 25.5 Å². The summed E-state index contributed by atoms with van der Waals surface area (Å²) in [6, 6.07) is 10.3. The highest BCUT2D eigenvalue weighted by Crippen LogP contribution is 2.31. The molecule has 1 amide bonds. The lowest BCUT2D eigenvalue weighted by Crippen LogP contribution is -2.33. The van der Waals surface area contributed by atoms with Gasteiger partial charge in [0.25, 0.3) is 5.91 Å². The van der Waals surface area contributed by atoms with E-state index in [1.165, 1.54) is 36.3 Å². The van der Waals surface area contributed by atoms with Crippen molar-refractivity contribution < 1.29 is 9.18 Å². The van der Waals surface area contributed by atoms with E-state index >= 15 is 0 Å². The van der Waals surface area contributed by atoms with Crippen LogP contribution in [0.1, 0.15) is 33.9 Å². The van der Waals surface area contributed by atoms with Gasteiger partial charge in [0.15, 0.2) is 0 Å². The van der Waals surface area contributed by atoms with E-state index in [4.69, 9.17) is 0 Å². The van der Waals surface area contributed by atoms with Crippen molar-refractivity contribution >= 4 is 17.2 Å². The minimum absolute atomic E-state index is 0.0724. The van der Waals surface area contributed by atoms with Gasteiger partial charge in [0.05, 0.1) is 11.4 Å². The van der Waals surface area contributed by atoms with Gasteiger partial charge in [-0.15, -0.1) is 11.3 Å². The predicted octanol–water partition coefficient (Wildman–Crippen LogP) is 4.18. The minimum atomic E-state index is -0.239. The van der Waals surface area contributed by atoms with E-state index in [2.05, 4.69) is 4.98 Å². The summed E-state index contributed by atoms with van der Waals surface area (Å²) in [6.07, 6.45) is 6.05.